The summed E-state index contributed by atoms with van der Waals surface area (Å²) < 4.78 is 16.9. The summed E-state index contributed by atoms with van der Waals surface area (Å²) in [5.74, 6) is 0. The monoisotopic (exact) mass is 321 g/mol. The van der Waals surface area contributed by atoms with Crippen molar-refractivity contribution in [2.75, 3.05) is 55.7 Å². The van der Waals surface area contributed by atoms with Gasteiger partial charge in [-0.2, -0.15) is 0 Å². The molecule has 0 aliphatic rings. The van der Waals surface area contributed by atoms with Crippen LogP contribution in [0.1, 0.15) is 26.7 Å². The van der Waals surface area contributed by atoms with E-state index < -0.39 is 8.80 Å². The Morgan fingerprint density at radius 3 is 1.29 bits per heavy atom. The summed E-state index contributed by atoms with van der Waals surface area (Å²) in [6.07, 6.45) is 3.34. The molecule has 6 nitrogen and oxygen atoms in total. The molecule has 0 rings (SSSR count). The molecule has 0 bridgehead atoms. The van der Waals surface area contributed by atoms with Gasteiger partial charge in [-0.25, -0.2) is 0 Å². The fraction of sp³-hybridized carbons (Fsp3) is 1.00. The zero-order chi connectivity index (χ0) is 16.6. The summed E-state index contributed by atoms with van der Waals surface area (Å²) in [5.41, 5.74) is 0. The van der Waals surface area contributed by atoms with Crippen LogP contribution in [0.5, 0.6) is 0 Å². The Labute approximate surface area is 132 Å². The predicted octanol–water partition coefficient (Wildman–Crippen LogP) is 1.30. The second-order valence-corrected chi connectivity index (χ2v) is 8.58. The highest BCUT2D eigenvalue weighted by Crippen LogP contribution is 2.20. The average Bonchev–Trinajstić information content (AvgIpc) is 2.45. The molecule has 0 fully saturated rings. The third kappa shape index (κ3) is 5.59. The molecule has 0 radical (unpaired) electrons. The summed E-state index contributed by atoms with van der Waals surface area (Å²) in [6, 6.07) is 0. The van der Waals surface area contributed by atoms with Crippen LogP contribution < -0.4 is 0 Å². The molecule has 0 heterocycles. The van der Waals surface area contributed by atoms with Gasteiger partial charge in [-0.15, -0.1) is 0 Å². The highest BCUT2D eigenvalue weighted by Gasteiger charge is 2.44. The molecule has 0 saturated heterocycles. The molecule has 0 amide bonds. The number of hydrogen-bond donors (Lipinski definition) is 0. The van der Waals surface area contributed by atoms with E-state index in [-0.39, 0.29) is 0 Å². The quantitative estimate of drug-likeness (QED) is 0.422. The van der Waals surface area contributed by atoms with Crippen LogP contribution >= 0.6 is 0 Å². The van der Waals surface area contributed by atoms with Gasteiger partial charge in [-0.3, -0.25) is 14.7 Å². The lowest BCUT2D eigenvalue weighted by atomic mass is 10.2. The summed E-state index contributed by atoms with van der Waals surface area (Å²) in [6.45, 7) is 4.41. The van der Waals surface area contributed by atoms with Crippen LogP contribution in [0, 0.1) is 0 Å². The molecule has 2 atom stereocenters. The van der Waals surface area contributed by atoms with Crippen LogP contribution in [0.4, 0.5) is 0 Å². The van der Waals surface area contributed by atoms with Crippen molar-refractivity contribution in [1.82, 2.24) is 14.7 Å². The number of hydrogen-bond acceptors (Lipinski definition) is 6. The zero-order valence-electron chi connectivity index (χ0n) is 15.3. The van der Waals surface area contributed by atoms with E-state index in [9.17, 15) is 0 Å². The SMILES string of the molecule is CCC(N(C)C)N(C[Si](OC)(OC)OC)C(CC)N(C)C. The van der Waals surface area contributed by atoms with Crippen molar-refractivity contribution in [3.8, 4) is 0 Å². The van der Waals surface area contributed by atoms with E-state index in [1.165, 1.54) is 0 Å². The fourth-order valence-corrected chi connectivity index (χ4v) is 4.63. The molecule has 0 aromatic carbocycles. The molecule has 21 heavy (non-hydrogen) atoms. The van der Waals surface area contributed by atoms with Gasteiger partial charge in [0.05, 0.1) is 18.5 Å². The summed E-state index contributed by atoms with van der Waals surface area (Å²) >= 11 is 0. The van der Waals surface area contributed by atoms with Gasteiger partial charge in [0.25, 0.3) is 0 Å². The largest absolute Gasteiger partial charge is 0.515 e. The normalized spacial score (nSPS) is 16.0. The van der Waals surface area contributed by atoms with Crippen molar-refractivity contribution in [3.63, 3.8) is 0 Å². The van der Waals surface area contributed by atoms with Gasteiger partial charge in [-0.05, 0) is 41.0 Å². The van der Waals surface area contributed by atoms with E-state index in [0.717, 1.165) is 12.8 Å². The van der Waals surface area contributed by atoms with Gasteiger partial charge in [-0.1, -0.05) is 13.8 Å². The molecule has 0 saturated carbocycles. The average molecular weight is 322 g/mol. The minimum Gasteiger partial charge on any atom is -0.376 e. The lowest BCUT2D eigenvalue weighted by Crippen LogP contribution is -2.62. The van der Waals surface area contributed by atoms with Gasteiger partial charge in [0.1, 0.15) is 0 Å². The van der Waals surface area contributed by atoms with Crippen LogP contribution in [-0.4, -0.2) is 91.5 Å². The Balaban J connectivity index is 5.48. The van der Waals surface area contributed by atoms with Crippen LogP contribution in [0.15, 0.2) is 0 Å². The van der Waals surface area contributed by atoms with Gasteiger partial charge >= 0.3 is 8.80 Å². The molecular formula is C14H35N3O3Si. The van der Waals surface area contributed by atoms with E-state index >= 15 is 0 Å². The van der Waals surface area contributed by atoms with E-state index in [1.54, 1.807) is 21.3 Å². The highest BCUT2D eigenvalue weighted by atomic mass is 28.4. The molecule has 0 aromatic rings. The third-order valence-electron chi connectivity index (χ3n) is 4.00. The van der Waals surface area contributed by atoms with Crippen LogP contribution in [0.25, 0.3) is 0 Å². The third-order valence-corrected chi connectivity index (χ3v) is 6.62. The topological polar surface area (TPSA) is 37.4 Å². The summed E-state index contributed by atoms with van der Waals surface area (Å²) in [4.78, 5) is 6.92. The van der Waals surface area contributed by atoms with Crippen molar-refractivity contribution in [2.45, 2.75) is 39.0 Å². The van der Waals surface area contributed by atoms with Gasteiger partial charge in [0.15, 0.2) is 0 Å². The Bertz CT molecular complexity index is 252. The Morgan fingerprint density at radius 2 is 1.10 bits per heavy atom. The second kappa shape index (κ2) is 9.89. The maximum Gasteiger partial charge on any atom is 0.515 e. The van der Waals surface area contributed by atoms with Crippen LogP contribution in [0.2, 0.25) is 0 Å². The Hall–Kier alpha value is -0.0231. The first-order valence-corrected chi connectivity index (χ1v) is 9.49. The van der Waals surface area contributed by atoms with Crippen molar-refractivity contribution in [3.05, 3.63) is 0 Å². The summed E-state index contributed by atoms with van der Waals surface area (Å²) in [5, 5.41) is 0. The maximum absolute atomic E-state index is 5.63. The van der Waals surface area contributed by atoms with Crippen LogP contribution in [-0.2, 0) is 13.3 Å². The van der Waals surface area contributed by atoms with Crippen molar-refractivity contribution < 1.29 is 13.3 Å². The van der Waals surface area contributed by atoms with E-state index in [0.29, 0.717) is 18.5 Å². The van der Waals surface area contributed by atoms with Crippen molar-refractivity contribution in [1.29, 1.82) is 0 Å². The lowest BCUT2D eigenvalue weighted by Gasteiger charge is -2.45. The van der Waals surface area contributed by atoms with E-state index in [2.05, 4.69) is 56.7 Å². The highest BCUT2D eigenvalue weighted by molar-refractivity contribution is 6.60. The van der Waals surface area contributed by atoms with E-state index in [4.69, 9.17) is 13.3 Å². The molecular weight excluding hydrogens is 286 g/mol. The first kappa shape index (κ1) is 21.0. The second-order valence-electron chi connectivity index (χ2n) is 5.67. The van der Waals surface area contributed by atoms with E-state index in [1.807, 2.05) is 0 Å². The smallest absolute Gasteiger partial charge is 0.376 e. The maximum atomic E-state index is 5.63. The van der Waals surface area contributed by atoms with Crippen LogP contribution in [0.3, 0.4) is 0 Å². The van der Waals surface area contributed by atoms with Gasteiger partial charge in [0.2, 0.25) is 0 Å². The molecule has 128 valence electrons. The molecule has 0 aliphatic heterocycles. The predicted molar refractivity (Wildman–Crippen MR) is 89.0 cm³/mol. The fourth-order valence-electron chi connectivity index (χ4n) is 2.87. The molecule has 2 unspecified atom stereocenters. The lowest BCUT2D eigenvalue weighted by molar-refractivity contribution is -0.0244. The Kier molecular flexibility index (Phi) is 9.87. The zero-order valence-corrected chi connectivity index (χ0v) is 16.3. The molecule has 7 heteroatoms. The van der Waals surface area contributed by atoms with Gasteiger partial charge in [0, 0.05) is 21.3 Å². The first-order chi connectivity index (χ1) is 9.82. The Morgan fingerprint density at radius 1 is 0.762 bits per heavy atom. The standard InChI is InChI=1S/C14H35N3O3Si/c1-10-13(15(3)4)17(14(11-2)16(5)6)12-21(18-7,19-8)20-9/h13-14H,10-12H2,1-9H3. The first-order valence-electron chi connectivity index (χ1n) is 7.56. The number of nitrogens with zero attached hydrogens (tertiary/aromatic N) is 3. The van der Waals surface area contributed by atoms with Crippen molar-refractivity contribution in [2.24, 2.45) is 0 Å². The molecule has 0 N–H and O–H groups in total. The van der Waals surface area contributed by atoms with Gasteiger partial charge < -0.3 is 13.3 Å². The molecule has 0 aromatic heterocycles. The molecule has 0 spiro atoms. The minimum absolute atomic E-state index is 0.310. The minimum atomic E-state index is -2.66. The molecule has 0 aliphatic carbocycles. The summed E-state index contributed by atoms with van der Waals surface area (Å²) in [7, 11) is 10.8. The number of rotatable bonds is 11. The van der Waals surface area contributed by atoms with Crippen molar-refractivity contribution >= 4 is 8.80 Å².